The molecule has 0 saturated heterocycles. The predicted molar refractivity (Wildman–Crippen MR) is 78.0 cm³/mol. The largest absolute Gasteiger partial charge is 0.492 e. The molecule has 0 atom stereocenters. The second-order valence-corrected chi connectivity index (χ2v) is 4.31. The normalized spacial score (nSPS) is 10.2. The number of anilines is 1. The highest BCUT2D eigenvalue weighted by Crippen LogP contribution is 2.27. The molecule has 5 nitrogen and oxygen atoms in total. The minimum atomic E-state index is -0.425. The molecule has 0 bridgehead atoms. The maximum absolute atomic E-state index is 13.2. The van der Waals surface area contributed by atoms with Gasteiger partial charge in [-0.2, -0.15) is 0 Å². The smallest absolute Gasteiger partial charge is 0.274 e. The van der Waals surface area contributed by atoms with Crippen molar-refractivity contribution in [3.8, 4) is 5.75 Å². The van der Waals surface area contributed by atoms with Crippen molar-refractivity contribution >= 4 is 11.4 Å². The molecule has 0 saturated carbocycles. The highest BCUT2D eigenvalue weighted by molar-refractivity contribution is 5.57. The van der Waals surface area contributed by atoms with Crippen LogP contribution in [-0.2, 0) is 6.54 Å². The van der Waals surface area contributed by atoms with Crippen LogP contribution in [0.4, 0.5) is 15.8 Å². The number of halogens is 1. The molecule has 0 fully saturated rings. The van der Waals surface area contributed by atoms with Gasteiger partial charge in [-0.15, -0.1) is 0 Å². The van der Waals surface area contributed by atoms with Crippen molar-refractivity contribution in [3.05, 3.63) is 64.0 Å². The Morgan fingerprint density at radius 2 is 2.05 bits per heavy atom. The number of nitro groups is 1. The van der Waals surface area contributed by atoms with Crippen molar-refractivity contribution in [1.82, 2.24) is 0 Å². The number of nitrogens with zero attached hydrogens (tertiary/aromatic N) is 1. The molecular weight excluding hydrogens is 275 g/mol. The monoisotopic (exact) mass is 290 g/mol. The number of hydrogen-bond acceptors (Lipinski definition) is 4. The van der Waals surface area contributed by atoms with Crippen LogP contribution < -0.4 is 10.1 Å². The molecule has 2 aromatic rings. The van der Waals surface area contributed by atoms with Crippen LogP contribution >= 0.6 is 0 Å². The molecule has 0 spiro atoms. The summed E-state index contributed by atoms with van der Waals surface area (Å²) in [5.41, 5.74) is 1.19. The molecule has 0 radical (unpaired) electrons. The molecule has 0 amide bonds. The van der Waals surface area contributed by atoms with E-state index in [-0.39, 0.29) is 12.2 Å². The van der Waals surface area contributed by atoms with E-state index in [9.17, 15) is 14.5 Å². The predicted octanol–water partition coefficient (Wildman–Crippen LogP) is 3.74. The first-order valence-electron chi connectivity index (χ1n) is 6.50. The van der Waals surface area contributed by atoms with Crippen LogP contribution in [0, 0.1) is 15.9 Å². The zero-order valence-corrected chi connectivity index (χ0v) is 11.5. The molecule has 2 rings (SSSR count). The Kier molecular flexibility index (Phi) is 4.71. The molecule has 6 heteroatoms. The van der Waals surface area contributed by atoms with Crippen LogP contribution in [0.15, 0.2) is 42.5 Å². The highest BCUT2D eigenvalue weighted by Gasteiger charge is 2.13. The van der Waals surface area contributed by atoms with Crippen molar-refractivity contribution in [3.63, 3.8) is 0 Å². The van der Waals surface area contributed by atoms with Crippen molar-refractivity contribution in [1.29, 1.82) is 0 Å². The number of benzene rings is 2. The second kappa shape index (κ2) is 6.69. The Morgan fingerprint density at radius 3 is 2.76 bits per heavy atom. The van der Waals surface area contributed by atoms with Gasteiger partial charge in [-0.25, -0.2) is 4.39 Å². The third-order valence-corrected chi connectivity index (χ3v) is 2.90. The second-order valence-electron chi connectivity index (χ2n) is 4.31. The van der Waals surface area contributed by atoms with E-state index in [1.54, 1.807) is 31.2 Å². The molecule has 0 aromatic heterocycles. The topological polar surface area (TPSA) is 64.4 Å². The standard InChI is InChI=1S/C15H15FN2O3/c1-2-21-15-9-12(16)7-8-13(15)17-10-11-5-3-4-6-14(11)18(19)20/h3-9,17H,2,10H2,1H3. The fourth-order valence-electron chi connectivity index (χ4n) is 1.95. The molecule has 0 aliphatic heterocycles. The number of hydrogen-bond donors (Lipinski definition) is 1. The Balaban J connectivity index is 2.19. The number of nitrogens with one attached hydrogen (secondary N) is 1. The quantitative estimate of drug-likeness (QED) is 0.650. The van der Waals surface area contributed by atoms with Crippen molar-refractivity contribution in [2.45, 2.75) is 13.5 Å². The van der Waals surface area contributed by atoms with E-state index >= 15 is 0 Å². The summed E-state index contributed by atoms with van der Waals surface area (Å²) < 4.78 is 18.6. The molecule has 0 aliphatic carbocycles. The summed E-state index contributed by atoms with van der Waals surface area (Å²) >= 11 is 0. The Hall–Kier alpha value is -2.63. The Bertz CT molecular complexity index is 647. The lowest BCUT2D eigenvalue weighted by atomic mass is 10.1. The van der Waals surface area contributed by atoms with E-state index in [2.05, 4.69) is 5.32 Å². The third kappa shape index (κ3) is 3.68. The van der Waals surface area contributed by atoms with Crippen molar-refractivity contribution < 1.29 is 14.1 Å². The summed E-state index contributed by atoms with van der Waals surface area (Å²) in [7, 11) is 0. The van der Waals surface area contributed by atoms with Crippen molar-refractivity contribution in [2.24, 2.45) is 0 Å². The molecular formula is C15H15FN2O3. The molecule has 110 valence electrons. The minimum absolute atomic E-state index is 0.0464. The molecule has 0 heterocycles. The summed E-state index contributed by atoms with van der Waals surface area (Å²) in [6, 6.07) is 10.6. The number of rotatable bonds is 6. The van der Waals surface area contributed by atoms with Crippen molar-refractivity contribution in [2.75, 3.05) is 11.9 Å². The van der Waals surface area contributed by atoms with Gasteiger partial charge in [0, 0.05) is 24.2 Å². The molecule has 2 aromatic carbocycles. The number of para-hydroxylation sites is 1. The summed E-state index contributed by atoms with van der Waals surface area (Å²) in [4.78, 5) is 10.5. The summed E-state index contributed by atoms with van der Waals surface area (Å²) in [5.74, 6) is -0.00854. The Morgan fingerprint density at radius 1 is 1.29 bits per heavy atom. The average Bonchev–Trinajstić information content (AvgIpc) is 2.47. The van der Waals surface area contributed by atoms with Gasteiger partial charge in [0.25, 0.3) is 5.69 Å². The average molecular weight is 290 g/mol. The van der Waals surface area contributed by atoms with Gasteiger partial charge in [0.05, 0.1) is 17.2 Å². The fourth-order valence-corrected chi connectivity index (χ4v) is 1.95. The van der Waals surface area contributed by atoms with Crippen LogP contribution in [0.3, 0.4) is 0 Å². The molecule has 1 N–H and O–H groups in total. The van der Waals surface area contributed by atoms with E-state index in [1.807, 2.05) is 0 Å². The first-order valence-corrected chi connectivity index (χ1v) is 6.50. The summed E-state index contributed by atoms with van der Waals surface area (Å²) in [6.07, 6.45) is 0. The van der Waals surface area contributed by atoms with Gasteiger partial charge in [0.15, 0.2) is 0 Å². The van der Waals surface area contributed by atoms with E-state index < -0.39 is 10.7 Å². The first kappa shape index (κ1) is 14.8. The van der Waals surface area contributed by atoms with Gasteiger partial charge in [-0.3, -0.25) is 10.1 Å². The zero-order valence-electron chi connectivity index (χ0n) is 11.5. The molecule has 0 aliphatic rings. The summed E-state index contributed by atoms with van der Waals surface area (Å²) in [6.45, 7) is 2.46. The third-order valence-electron chi connectivity index (χ3n) is 2.90. The minimum Gasteiger partial charge on any atom is -0.492 e. The maximum atomic E-state index is 13.2. The van der Waals surface area contributed by atoms with Crippen LogP contribution in [0.1, 0.15) is 12.5 Å². The van der Waals surface area contributed by atoms with Gasteiger partial charge in [0.1, 0.15) is 11.6 Å². The van der Waals surface area contributed by atoms with E-state index in [4.69, 9.17) is 4.74 Å². The van der Waals surface area contributed by atoms with Crippen LogP contribution in [-0.4, -0.2) is 11.5 Å². The lowest BCUT2D eigenvalue weighted by Gasteiger charge is -2.12. The molecule has 21 heavy (non-hydrogen) atoms. The lowest BCUT2D eigenvalue weighted by Crippen LogP contribution is -2.05. The van der Waals surface area contributed by atoms with E-state index in [0.29, 0.717) is 23.6 Å². The van der Waals surface area contributed by atoms with Gasteiger partial charge >= 0.3 is 0 Å². The first-order chi connectivity index (χ1) is 10.1. The summed E-state index contributed by atoms with van der Waals surface area (Å²) in [5, 5.41) is 14.0. The van der Waals surface area contributed by atoms with Crippen LogP contribution in [0.5, 0.6) is 5.75 Å². The van der Waals surface area contributed by atoms with E-state index in [0.717, 1.165) is 0 Å². The van der Waals surface area contributed by atoms with Gasteiger partial charge in [0.2, 0.25) is 0 Å². The number of ether oxygens (including phenoxy) is 1. The van der Waals surface area contributed by atoms with Gasteiger partial charge in [-0.1, -0.05) is 18.2 Å². The van der Waals surface area contributed by atoms with Gasteiger partial charge in [-0.05, 0) is 19.1 Å². The van der Waals surface area contributed by atoms with E-state index in [1.165, 1.54) is 18.2 Å². The van der Waals surface area contributed by atoms with Crippen LogP contribution in [0.25, 0.3) is 0 Å². The zero-order chi connectivity index (χ0) is 15.2. The van der Waals surface area contributed by atoms with Gasteiger partial charge < -0.3 is 10.1 Å². The maximum Gasteiger partial charge on any atom is 0.274 e. The Labute approximate surface area is 121 Å². The molecule has 0 unspecified atom stereocenters. The number of nitro benzene ring substituents is 1. The lowest BCUT2D eigenvalue weighted by molar-refractivity contribution is -0.385. The highest BCUT2D eigenvalue weighted by atomic mass is 19.1. The van der Waals surface area contributed by atoms with Crippen LogP contribution in [0.2, 0.25) is 0 Å². The fraction of sp³-hybridized carbons (Fsp3) is 0.200. The SMILES string of the molecule is CCOc1cc(F)ccc1NCc1ccccc1[N+](=O)[O-].